The molecule has 2 aromatic carbocycles. The first-order chi connectivity index (χ1) is 23.9. The van der Waals surface area contributed by atoms with Crippen LogP contribution in [0.5, 0.6) is 11.5 Å². The second-order valence-electron chi connectivity index (χ2n) is 18.0. The van der Waals surface area contributed by atoms with Gasteiger partial charge in [0.25, 0.3) is 0 Å². The number of fused-ring (bicyclic) bond motifs is 5. The molecule has 0 radical (unpaired) electrons. The number of amides is 2. The van der Waals surface area contributed by atoms with Crippen molar-refractivity contribution < 1.29 is 28.6 Å². The molecule has 8 heteroatoms. The summed E-state index contributed by atoms with van der Waals surface area (Å²) in [5.74, 6) is 5.40. The quantitative estimate of drug-likeness (QED) is 0.348. The van der Waals surface area contributed by atoms with Crippen molar-refractivity contribution in [3.63, 3.8) is 0 Å². The van der Waals surface area contributed by atoms with Gasteiger partial charge in [-0.25, -0.2) is 4.79 Å². The van der Waals surface area contributed by atoms with Crippen LogP contribution in [0, 0.1) is 64.1 Å². The molecule has 50 heavy (non-hydrogen) atoms. The van der Waals surface area contributed by atoms with Gasteiger partial charge in [-0.2, -0.15) is 0 Å². The van der Waals surface area contributed by atoms with Gasteiger partial charge in [-0.3, -0.25) is 9.59 Å². The Morgan fingerprint density at radius 3 is 2.48 bits per heavy atom. The summed E-state index contributed by atoms with van der Waals surface area (Å²) in [5, 5.41) is 0. The van der Waals surface area contributed by atoms with E-state index in [0.717, 1.165) is 35.6 Å². The summed E-state index contributed by atoms with van der Waals surface area (Å²) in [6, 6.07) is 14.0. The molecule has 8 aliphatic rings. The van der Waals surface area contributed by atoms with Gasteiger partial charge in [0.2, 0.25) is 11.8 Å². The topological polar surface area (TPSA) is 85.4 Å². The van der Waals surface area contributed by atoms with E-state index in [1.54, 1.807) is 24.0 Å². The molecule has 0 N–H and O–H groups in total. The van der Waals surface area contributed by atoms with E-state index >= 15 is 0 Å². The molecule has 2 aliphatic heterocycles. The predicted octanol–water partition coefficient (Wildman–Crippen LogP) is 6.01. The predicted molar refractivity (Wildman–Crippen MR) is 187 cm³/mol. The number of hydrogen-bond acceptors (Lipinski definition) is 6. The molecule has 2 amide bonds. The van der Waals surface area contributed by atoms with Gasteiger partial charge in [0.1, 0.15) is 24.8 Å². The van der Waals surface area contributed by atoms with Crippen LogP contribution in [0.15, 0.2) is 48.5 Å². The highest BCUT2D eigenvalue weighted by molar-refractivity contribution is 5.91. The first-order valence-corrected chi connectivity index (χ1v) is 19.0. The number of hydrogen-bond donors (Lipinski definition) is 0. The normalized spacial score (nSPS) is 40.2. The van der Waals surface area contributed by atoms with Crippen molar-refractivity contribution in [2.24, 2.45) is 64.1 Å². The lowest BCUT2D eigenvalue weighted by molar-refractivity contribution is -0.159. The SMILES string of the molecule is COc1ccc2cc1OC1C3C[C@H]1C1C4C1C1(CC31)[C@H]4C[C@H](N(C)C(=O)C1CC(C(C)(C)C)C1)C(=O)N(C)[C@@H](C(=O)OCc1ccccc1)C2. The Hall–Kier alpha value is -3.55. The molecule has 0 aromatic heterocycles. The zero-order chi connectivity index (χ0) is 34.9. The van der Waals surface area contributed by atoms with Crippen molar-refractivity contribution in [1.29, 1.82) is 0 Å². The van der Waals surface area contributed by atoms with Crippen LogP contribution in [-0.2, 0) is 32.1 Å². The van der Waals surface area contributed by atoms with Crippen LogP contribution >= 0.6 is 0 Å². The molecule has 6 saturated carbocycles. The summed E-state index contributed by atoms with van der Waals surface area (Å²) in [7, 11) is 5.25. The Morgan fingerprint density at radius 2 is 1.76 bits per heavy atom. The second kappa shape index (κ2) is 11.2. The number of methoxy groups -OCH3 is 1. The van der Waals surface area contributed by atoms with Crippen LogP contribution in [0.3, 0.4) is 0 Å². The number of nitrogens with zero attached hydrogens (tertiary/aromatic N) is 2. The van der Waals surface area contributed by atoms with Gasteiger partial charge in [-0.1, -0.05) is 57.2 Å². The van der Waals surface area contributed by atoms with Gasteiger partial charge in [-0.05, 0) is 114 Å². The van der Waals surface area contributed by atoms with Crippen LogP contribution < -0.4 is 9.47 Å². The summed E-state index contributed by atoms with van der Waals surface area (Å²) >= 11 is 0. The van der Waals surface area contributed by atoms with Gasteiger partial charge in [-0.15, -0.1) is 0 Å². The highest BCUT2D eigenvalue weighted by atomic mass is 16.5. The van der Waals surface area contributed by atoms with Crippen LogP contribution in [0.1, 0.15) is 64.0 Å². The van der Waals surface area contributed by atoms with Crippen molar-refractivity contribution in [2.45, 2.75) is 84.1 Å². The molecule has 2 heterocycles. The Morgan fingerprint density at radius 1 is 1.00 bits per heavy atom. The fourth-order valence-electron chi connectivity index (χ4n) is 11.9. The van der Waals surface area contributed by atoms with Crippen molar-refractivity contribution in [3.05, 3.63) is 59.7 Å². The molecule has 6 fully saturated rings. The minimum Gasteiger partial charge on any atom is -0.493 e. The molecule has 8 nitrogen and oxygen atoms in total. The maximum Gasteiger partial charge on any atom is 0.329 e. The third kappa shape index (κ3) is 4.71. The maximum atomic E-state index is 15.0. The Balaban J connectivity index is 1.07. The number of carbonyl (C=O) groups excluding carboxylic acids is 3. The molecule has 11 atom stereocenters. The minimum atomic E-state index is -0.877. The molecular formula is C42H52N2O6. The first-order valence-electron chi connectivity index (χ1n) is 19.0. The number of ether oxygens (including phenoxy) is 3. The van der Waals surface area contributed by atoms with Crippen LogP contribution in [0.2, 0.25) is 0 Å². The summed E-state index contributed by atoms with van der Waals surface area (Å²) < 4.78 is 18.6. The lowest BCUT2D eigenvalue weighted by atomic mass is 9.60. The van der Waals surface area contributed by atoms with Gasteiger partial charge >= 0.3 is 5.97 Å². The van der Waals surface area contributed by atoms with Crippen molar-refractivity contribution in [1.82, 2.24) is 9.80 Å². The molecule has 10 rings (SSSR count). The van der Waals surface area contributed by atoms with Gasteiger partial charge < -0.3 is 24.0 Å². The molecule has 0 saturated heterocycles. The third-order valence-electron chi connectivity index (χ3n) is 14.9. The van der Waals surface area contributed by atoms with E-state index in [1.807, 2.05) is 55.6 Å². The van der Waals surface area contributed by atoms with Crippen LogP contribution in [-0.4, -0.2) is 67.0 Å². The van der Waals surface area contributed by atoms with Crippen molar-refractivity contribution >= 4 is 17.8 Å². The Labute approximate surface area is 296 Å². The lowest BCUT2D eigenvalue weighted by Crippen LogP contribution is -2.57. The molecule has 266 valence electrons. The van der Waals surface area contributed by atoms with Gasteiger partial charge in [0.15, 0.2) is 11.5 Å². The zero-order valence-corrected chi connectivity index (χ0v) is 30.3. The molecule has 1 spiro atoms. The second-order valence-corrected chi connectivity index (χ2v) is 18.0. The number of carbonyl (C=O) groups is 3. The summed E-state index contributed by atoms with van der Waals surface area (Å²) in [6.07, 6.45) is 5.30. The molecule has 6 aliphatic carbocycles. The maximum absolute atomic E-state index is 15.0. The van der Waals surface area contributed by atoms with E-state index in [1.165, 1.54) is 12.8 Å². The van der Waals surface area contributed by atoms with Crippen LogP contribution in [0.4, 0.5) is 0 Å². The zero-order valence-electron chi connectivity index (χ0n) is 30.3. The van der Waals surface area contributed by atoms with Gasteiger partial charge in [0, 0.05) is 26.4 Å². The number of likely N-dealkylation sites (N-methyl/N-ethyl adjacent to an activating group) is 2. The summed E-state index contributed by atoms with van der Waals surface area (Å²) in [4.78, 5) is 46.5. The minimum absolute atomic E-state index is 0.0572. The number of benzene rings is 2. The standard InChI is InChI=1S/C42H52N2O6/c1-41(2,3)25-16-24(17-25)38(45)43(4)30-19-28-35-34-27-18-26(29-20-42(28,29)36(34)35)37(27)50-33-15-23(12-13-32(33)48-6)14-31(44(5)39(30)46)40(47)49-21-22-10-8-7-9-11-22/h7-13,15,24-31,34-37H,14,16-21H2,1-6H3/t24?,25?,26?,27-,28-,29?,30-,31+,34?,35?,36?,37?,42?/m0/s1. The van der Waals surface area contributed by atoms with E-state index < -0.39 is 18.1 Å². The van der Waals surface area contributed by atoms with Crippen molar-refractivity contribution in [2.75, 3.05) is 21.2 Å². The lowest BCUT2D eigenvalue weighted by Gasteiger charge is -2.49. The number of rotatable bonds is 6. The van der Waals surface area contributed by atoms with E-state index in [9.17, 15) is 14.4 Å². The highest BCUT2D eigenvalue weighted by Gasteiger charge is 2.90. The fourth-order valence-corrected chi connectivity index (χ4v) is 11.9. The highest BCUT2D eigenvalue weighted by Crippen LogP contribution is 2.93. The van der Waals surface area contributed by atoms with Crippen molar-refractivity contribution in [3.8, 4) is 11.5 Å². The molecule has 7 unspecified atom stereocenters. The third-order valence-corrected chi connectivity index (χ3v) is 14.9. The Kier molecular flexibility index (Phi) is 7.26. The average Bonchev–Trinajstić information content (AvgIpc) is 3.96. The summed E-state index contributed by atoms with van der Waals surface area (Å²) in [6.45, 7) is 6.86. The molecule has 2 aromatic rings. The molecule has 8 bridgehead atoms. The van der Waals surface area contributed by atoms with Gasteiger partial charge in [0.05, 0.1) is 7.11 Å². The number of esters is 1. The van der Waals surface area contributed by atoms with E-state index in [4.69, 9.17) is 14.2 Å². The fraction of sp³-hybridized carbons (Fsp3) is 0.643. The first kappa shape index (κ1) is 32.4. The van der Waals surface area contributed by atoms with E-state index in [2.05, 4.69) is 20.8 Å². The smallest absolute Gasteiger partial charge is 0.329 e. The Bertz CT molecular complexity index is 1710. The molecular weight excluding hydrogens is 628 g/mol. The largest absolute Gasteiger partial charge is 0.493 e. The van der Waals surface area contributed by atoms with E-state index in [0.29, 0.717) is 53.6 Å². The summed E-state index contributed by atoms with van der Waals surface area (Å²) in [5.41, 5.74) is 2.20. The average molecular weight is 681 g/mol. The van der Waals surface area contributed by atoms with Crippen LogP contribution in [0.25, 0.3) is 0 Å². The van der Waals surface area contributed by atoms with E-state index in [-0.39, 0.29) is 47.7 Å². The monoisotopic (exact) mass is 680 g/mol.